The fourth-order valence-electron chi connectivity index (χ4n) is 1.92. The van der Waals surface area contributed by atoms with Gasteiger partial charge in [-0.2, -0.15) is 0 Å². The van der Waals surface area contributed by atoms with E-state index in [1.807, 2.05) is 48.6 Å². The Hall–Kier alpha value is -2.29. The zero-order valence-corrected chi connectivity index (χ0v) is 9.08. The largest absolute Gasteiger partial charge is 0.302 e. The quantitative estimate of drug-likeness (QED) is 0.707. The van der Waals surface area contributed by atoms with Gasteiger partial charge in [-0.1, -0.05) is 42.5 Å². The number of hydrogen-bond donors (Lipinski definition) is 0. The lowest BCUT2D eigenvalue weighted by atomic mass is 9.98. The molecule has 0 saturated carbocycles. The van der Waals surface area contributed by atoms with Crippen molar-refractivity contribution in [2.75, 3.05) is 0 Å². The van der Waals surface area contributed by atoms with Gasteiger partial charge >= 0.3 is 0 Å². The summed E-state index contributed by atoms with van der Waals surface area (Å²) in [6.07, 6.45) is 6.46. The fourth-order valence-corrected chi connectivity index (χ4v) is 1.92. The SMILES string of the molecule is O=CC1C=CC=C2N=C(c3ccccc3)N=C21. The van der Waals surface area contributed by atoms with Gasteiger partial charge in [-0.05, 0) is 6.08 Å². The third-order valence-corrected chi connectivity index (χ3v) is 2.78. The number of benzene rings is 1. The summed E-state index contributed by atoms with van der Waals surface area (Å²) >= 11 is 0. The Labute approximate surface area is 98.9 Å². The van der Waals surface area contributed by atoms with Crippen LogP contribution in [0.25, 0.3) is 0 Å². The van der Waals surface area contributed by atoms with Crippen LogP contribution in [-0.4, -0.2) is 17.8 Å². The van der Waals surface area contributed by atoms with Crippen LogP contribution >= 0.6 is 0 Å². The van der Waals surface area contributed by atoms with Gasteiger partial charge in [0, 0.05) is 5.56 Å². The Morgan fingerprint density at radius 1 is 1.12 bits per heavy atom. The number of carbonyl (C=O) groups excluding carboxylic acids is 1. The Morgan fingerprint density at radius 2 is 1.94 bits per heavy atom. The number of amidine groups is 1. The Kier molecular flexibility index (Phi) is 2.29. The maximum absolute atomic E-state index is 10.9. The van der Waals surface area contributed by atoms with Gasteiger partial charge in [0.2, 0.25) is 0 Å². The monoisotopic (exact) mass is 222 g/mol. The highest BCUT2D eigenvalue weighted by atomic mass is 16.1. The molecular weight excluding hydrogens is 212 g/mol. The lowest BCUT2D eigenvalue weighted by Crippen LogP contribution is -2.15. The number of rotatable bonds is 2. The molecule has 82 valence electrons. The summed E-state index contributed by atoms with van der Waals surface area (Å²) in [5, 5.41) is 0. The molecule has 0 saturated heterocycles. The molecule has 0 radical (unpaired) electrons. The first-order valence-corrected chi connectivity index (χ1v) is 5.45. The Morgan fingerprint density at radius 3 is 2.71 bits per heavy atom. The summed E-state index contributed by atoms with van der Waals surface area (Å²) in [5.41, 5.74) is 2.52. The molecule has 1 atom stereocenters. The van der Waals surface area contributed by atoms with Crippen LogP contribution in [0.1, 0.15) is 5.56 Å². The van der Waals surface area contributed by atoms with Gasteiger partial charge in [0.15, 0.2) is 5.84 Å². The van der Waals surface area contributed by atoms with E-state index in [9.17, 15) is 4.79 Å². The fraction of sp³-hybridized carbons (Fsp3) is 0.0714. The number of carbonyl (C=O) groups is 1. The number of hydrogen-bond acceptors (Lipinski definition) is 3. The minimum Gasteiger partial charge on any atom is -0.302 e. The molecule has 1 aliphatic carbocycles. The van der Waals surface area contributed by atoms with Gasteiger partial charge in [0.25, 0.3) is 0 Å². The molecule has 0 amide bonds. The molecule has 3 rings (SSSR count). The second-order valence-corrected chi connectivity index (χ2v) is 3.90. The molecule has 3 heteroatoms. The Balaban J connectivity index is 2.02. The predicted molar refractivity (Wildman–Crippen MR) is 67.2 cm³/mol. The Bertz CT molecular complexity index is 579. The summed E-state index contributed by atoms with van der Waals surface area (Å²) in [4.78, 5) is 19.8. The number of allylic oxidation sites excluding steroid dienone is 4. The smallest absolute Gasteiger partial charge is 0.160 e. The number of nitrogens with zero attached hydrogens (tertiary/aromatic N) is 2. The minimum atomic E-state index is -0.264. The summed E-state index contributed by atoms with van der Waals surface area (Å²) < 4.78 is 0. The van der Waals surface area contributed by atoms with E-state index in [1.165, 1.54) is 0 Å². The standard InChI is InChI=1S/C14H10N2O/c17-9-11-7-4-8-12-13(11)16-14(15-12)10-5-2-1-3-6-10/h1-9,11H. The first-order valence-electron chi connectivity index (χ1n) is 5.45. The van der Waals surface area contributed by atoms with E-state index in [0.717, 1.165) is 23.3 Å². The van der Waals surface area contributed by atoms with E-state index in [4.69, 9.17) is 0 Å². The van der Waals surface area contributed by atoms with Crippen molar-refractivity contribution >= 4 is 17.8 Å². The normalized spacial score (nSPS) is 21.4. The number of fused-ring (bicyclic) bond motifs is 1. The molecule has 0 aromatic heterocycles. The number of aliphatic imine (C=N–C) groups is 2. The van der Waals surface area contributed by atoms with Crippen molar-refractivity contribution in [3.63, 3.8) is 0 Å². The zero-order valence-electron chi connectivity index (χ0n) is 9.08. The summed E-state index contributed by atoms with van der Waals surface area (Å²) in [5.74, 6) is 0.419. The molecule has 0 fully saturated rings. The van der Waals surface area contributed by atoms with Crippen LogP contribution in [-0.2, 0) is 4.79 Å². The second-order valence-electron chi connectivity index (χ2n) is 3.90. The molecule has 1 aromatic carbocycles. The van der Waals surface area contributed by atoms with Crippen molar-refractivity contribution in [1.29, 1.82) is 0 Å². The van der Waals surface area contributed by atoms with E-state index >= 15 is 0 Å². The molecule has 17 heavy (non-hydrogen) atoms. The average Bonchev–Trinajstić information content (AvgIpc) is 2.83. The van der Waals surface area contributed by atoms with Gasteiger partial charge in [-0.3, -0.25) is 0 Å². The molecule has 1 heterocycles. The van der Waals surface area contributed by atoms with Crippen molar-refractivity contribution in [3.05, 3.63) is 59.8 Å². The van der Waals surface area contributed by atoms with Crippen LogP contribution in [0.15, 0.2) is 64.2 Å². The third kappa shape index (κ3) is 1.65. The predicted octanol–water partition coefficient (Wildman–Crippen LogP) is 2.16. The highest BCUT2D eigenvalue weighted by Crippen LogP contribution is 2.23. The first-order chi connectivity index (χ1) is 8.38. The van der Waals surface area contributed by atoms with Crippen LogP contribution in [0.2, 0.25) is 0 Å². The topological polar surface area (TPSA) is 41.8 Å². The summed E-state index contributed by atoms with van der Waals surface area (Å²) in [7, 11) is 0. The highest BCUT2D eigenvalue weighted by molar-refractivity contribution is 6.22. The maximum Gasteiger partial charge on any atom is 0.160 e. The van der Waals surface area contributed by atoms with E-state index in [-0.39, 0.29) is 5.92 Å². The van der Waals surface area contributed by atoms with E-state index in [2.05, 4.69) is 9.98 Å². The average molecular weight is 222 g/mol. The van der Waals surface area contributed by atoms with Crippen LogP contribution in [0.5, 0.6) is 0 Å². The highest BCUT2D eigenvalue weighted by Gasteiger charge is 2.25. The third-order valence-electron chi connectivity index (χ3n) is 2.78. The van der Waals surface area contributed by atoms with Gasteiger partial charge in [-0.25, -0.2) is 9.98 Å². The molecule has 1 aromatic rings. The zero-order chi connectivity index (χ0) is 11.7. The van der Waals surface area contributed by atoms with Crippen molar-refractivity contribution in [2.24, 2.45) is 15.9 Å². The van der Waals surface area contributed by atoms with Crippen LogP contribution in [0, 0.1) is 5.92 Å². The first kappa shape index (κ1) is 9.90. The minimum absolute atomic E-state index is 0.264. The number of aldehydes is 1. The van der Waals surface area contributed by atoms with Crippen LogP contribution in [0.4, 0.5) is 0 Å². The summed E-state index contributed by atoms with van der Waals surface area (Å²) in [6, 6.07) is 9.77. The van der Waals surface area contributed by atoms with E-state index in [0.29, 0.717) is 5.84 Å². The van der Waals surface area contributed by atoms with Gasteiger partial charge in [0.05, 0.1) is 17.3 Å². The van der Waals surface area contributed by atoms with Crippen molar-refractivity contribution in [1.82, 2.24) is 0 Å². The van der Waals surface area contributed by atoms with Gasteiger partial charge in [-0.15, -0.1) is 0 Å². The molecule has 0 bridgehead atoms. The second kappa shape index (κ2) is 3.94. The summed E-state index contributed by atoms with van der Waals surface area (Å²) in [6.45, 7) is 0. The molecular formula is C14H10N2O. The van der Waals surface area contributed by atoms with Gasteiger partial charge in [0.1, 0.15) is 6.29 Å². The molecule has 0 N–H and O–H groups in total. The molecule has 3 nitrogen and oxygen atoms in total. The van der Waals surface area contributed by atoms with Crippen molar-refractivity contribution in [2.45, 2.75) is 0 Å². The van der Waals surface area contributed by atoms with Crippen LogP contribution in [0.3, 0.4) is 0 Å². The molecule has 0 spiro atoms. The molecule has 1 unspecified atom stereocenters. The van der Waals surface area contributed by atoms with Crippen molar-refractivity contribution < 1.29 is 4.79 Å². The molecule has 2 aliphatic rings. The molecule has 1 aliphatic heterocycles. The maximum atomic E-state index is 10.9. The van der Waals surface area contributed by atoms with Gasteiger partial charge < -0.3 is 4.79 Å². The van der Waals surface area contributed by atoms with E-state index in [1.54, 1.807) is 0 Å². The van der Waals surface area contributed by atoms with E-state index < -0.39 is 0 Å². The van der Waals surface area contributed by atoms with Crippen LogP contribution < -0.4 is 0 Å². The lowest BCUT2D eigenvalue weighted by Gasteiger charge is -2.08. The van der Waals surface area contributed by atoms with Crippen molar-refractivity contribution in [3.8, 4) is 0 Å². The lowest BCUT2D eigenvalue weighted by molar-refractivity contribution is -0.108.